The van der Waals surface area contributed by atoms with Crippen molar-refractivity contribution in [3.05, 3.63) is 0 Å². The van der Waals surface area contributed by atoms with E-state index in [9.17, 15) is 18.0 Å². The van der Waals surface area contributed by atoms with Crippen LogP contribution in [-0.2, 0) is 4.79 Å². The van der Waals surface area contributed by atoms with Crippen molar-refractivity contribution in [2.45, 2.75) is 37.9 Å². The van der Waals surface area contributed by atoms with E-state index in [1.165, 1.54) is 0 Å². The first kappa shape index (κ1) is 12.3. The average molecular weight is 225 g/mol. The molecule has 1 amide bonds. The molecule has 0 aromatic heterocycles. The molecule has 3 nitrogen and oxygen atoms in total. The fraction of sp³-hybridized carbons (Fsp3) is 0.889. The first-order chi connectivity index (χ1) is 6.94. The normalized spacial score (nSPS) is 16.5. The molecule has 0 heterocycles. The lowest BCUT2D eigenvalue weighted by Gasteiger charge is -2.23. The standard InChI is InChI=1S/C9H14F3NO2/c10-9(11,12)6-13(7-3-4-7)8(15)2-1-5-14/h7,14H,1-6H2. The molecule has 1 aliphatic carbocycles. The molecule has 1 aliphatic rings. The molecule has 0 atom stereocenters. The van der Waals surface area contributed by atoms with Crippen molar-refractivity contribution in [1.29, 1.82) is 0 Å². The minimum atomic E-state index is -4.34. The molecule has 0 saturated heterocycles. The molecule has 1 rings (SSSR count). The Morgan fingerprint density at radius 3 is 2.40 bits per heavy atom. The summed E-state index contributed by atoms with van der Waals surface area (Å²) in [6.07, 6.45) is -2.82. The van der Waals surface area contributed by atoms with E-state index in [2.05, 4.69) is 0 Å². The summed E-state index contributed by atoms with van der Waals surface area (Å²) in [5.74, 6) is -0.510. The van der Waals surface area contributed by atoms with E-state index in [0.29, 0.717) is 12.8 Å². The lowest BCUT2D eigenvalue weighted by atomic mass is 10.2. The number of hydrogen-bond acceptors (Lipinski definition) is 2. The van der Waals surface area contributed by atoms with E-state index in [1.54, 1.807) is 0 Å². The quantitative estimate of drug-likeness (QED) is 0.766. The predicted octanol–water partition coefficient (Wildman–Crippen LogP) is 1.31. The molecule has 0 spiro atoms. The van der Waals surface area contributed by atoms with Gasteiger partial charge in [0.1, 0.15) is 6.54 Å². The summed E-state index contributed by atoms with van der Waals surface area (Å²) in [6.45, 7) is -1.34. The van der Waals surface area contributed by atoms with Gasteiger partial charge >= 0.3 is 6.18 Å². The summed E-state index contributed by atoms with van der Waals surface area (Å²) in [6, 6.07) is -0.238. The van der Waals surface area contributed by atoms with E-state index in [-0.39, 0.29) is 25.5 Å². The van der Waals surface area contributed by atoms with Gasteiger partial charge < -0.3 is 10.0 Å². The third-order valence-electron chi connectivity index (χ3n) is 2.21. The maximum Gasteiger partial charge on any atom is 0.406 e. The second-order valence-electron chi connectivity index (χ2n) is 3.70. The van der Waals surface area contributed by atoms with Gasteiger partial charge in [-0.25, -0.2) is 0 Å². The predicted molar refractivity (Wildman–Crippen MR) is 47.1 cm³/mol. The van der Waals surface area contributed by atoms with Gasteiger partial charge in [-0.05, 0) is 19.3 Å². The molecule has 6 heteroatoms. The molecular formula is C9H14F3NO2. The Bertz CT molecular complexity index is 226. The fourth-order valence-corrected chi connectivity index (χ4v) is 1.37. The minimum absolute atomic E-state index is 0.0108. The maximum atomic E-state index is 12.1. The highest BCUT2D eigenvalue weighted by Crippen LogP contribution is 2.30. The number of carbonyl (C=O) groups is 1. The van der Waals surface area contributed by atoms with Crippen LogP contribution in [0.3, 0.4) is 0 Å². The molecule has 1 N–H and O–H groups in total. The summed E-state index contributed by atoms with van der Waals surface area (Å²) in [5, 5.41) is 8.49. The topological polar surface area (TPSA) is 40.5 Å². The highest BCUT2D eigenvalue weighted by Gasteiger charge is 2.40. The molecule has 0 radical (unpaired) electrons. The number of hydrogen-bond donors (Lipinski definition) is 1. The zero-order chi connectivity index (χ0) is 11.5. The summed E-state index contributed by atoms with van der Waals surface area (Å²) >= 11 is 0. The van der Waals surface area contributed by atoms with Gasteiger partial charge in [0.15, 0.2) is 0 Å². The van der Waals surface area contributed by atoms with Crippen molar-refractivity contribution in [2.75, 3.05) is 13.2 Å². The molecule has 15 heavy (non-hydrogen) atoms. The number of aliphatic hydroxyl groups excluding tert-OH is 1. The molecule has 0 unspecified atom stereocenters. The van der Waals surface area contributed by atoms with Crippen molar-refractivity contribution in [3.8, 4) is 0 Å². The number of rotatable bonds is 5. The van der Waals surface area contributed by atoms with E-state index < -0.39 is 18.6 Å². The summed E-state index contributed by atoms with van der Waals surface area (Å²) in [5.41, 5.74) is 0. The molecule has 0 aromatic rings. The van der Waals surface area contributed by atoms with Gasteiger partial charge in [-0.15, -0.1) is 0 Å². The third-order valence-corrected chi connectivity index (χ3v) is 2.21. The van der Waals surface area contributed by atoms with Gasteiger partial charge in [0.05, 0.1) is 0 Å². The Labute approximate surface area is 85.9 Å². The van der Waals surface area contributed by atoms with Crippen molar-refractivity contribution < 1.29 is 23.1 Å². The van der Waals surface area contributed by atoms with Gasteiger partial charge in [-0.2, -0.15) is 13.2 Å². The van der Waals surface area contributed by atoms with E-state index >= 15 is 0 Å². The highest BCUT2D eigenvalue weighted by atomic mass is 19.4. The van der Waals surface area contributed by atoms with Crippen LogP contribution in [0.4, 0.5) is 13.2 Å². The van der Waals surface area contributed by atoms with Crippen LogP contribution in [-0.4, -0.2) is 41.3 Å². The lowest BCUT2D eigenvalue weighted by molar-refractivity contribution is -0.162. The largest absolute Gasteiger partial charge is 0.406 e. The van der Waals surface area contributed by atoms with Crippen molar-refractivity contribution in [3.63, 3.8) is 0 Å². The smallest absolute Gasteiger partial charge is 0.396 e. The molecule has 1 fully saturated rings. The number of amides is 1. The number of carbonyl (C=O) groups excluding carboxylic acids is 1. The van der Waals surface area contributed by atoms with Crippen molar-refractivity contribution in [1.82, 2.24) is 4.90 Å². The van der Waals surface area contributed by atoms with Gasteiger partial charge in [-0.1, -0.05) is 0 Å². The SMILES string of the molecule is O=C(CCCO)N(CC(F)(F)F)C1CC1. The maximum absolute atomic E-state index is 12.1. The Morgan fingerprint density at radius 1 is 1.40 bits per heavy atom. The van der Waals surface area contributed by atoms with Gasteiger partial charge in [0, 0.05) is 19.1 Å². The number of nitrogens with zero attached hydrogens (tertiary/aromatic N) is 1. The van der Waals surface area contributed by atoms with Crippen LogP contribution < -0.4 is 0 Å². The lowest BCUT2D eigenvalue weighted by Crippen LogP contribution is -2.40. The third kappa shape index (κ3) is 4.51. The van der Waals surface area contributed by atoms with Gasteiger partial charge in [0.2, 0.25) is 5.91 Å². The van der Waals surface area contributed by atoms with E-state index in [1.807, 2.05) is 0 Å². The van der Waals surface area contributed by atoms with Crippen molar-refractivity contribution in [2.24, 2.45) is 0 Å². The van der Waals surface area contributed by atoms with Crippen LogP contribution in [0.15, 0.2) is 0 Å². The van der Waals surface area contributed by atoms with Crippen LogP contribution >= 0.6 is 0 Å². The average Bonchev–Trinajstić information content (AvgIpc) is 2.92. The van der Waals surface area contributed by atoms with Crippen LogP contribution in [0.25, 0.3) is 0 Å². The number of aliphatic hydroxyl groups is 1. The monoisotopic (exact) mass is 225 g/mol. The zero-order valence-corrected chi connectivity index (χ0v) is 8.26. The van der Waals surface area contributed by atoms with Gasteiger partial charge in [-0.3, -0.25) is 4.79 Å². The van der Waals surface area contributed by atoms with Crippen LogP contribution in [0.1, 0.15) is 25.7 Å². The second-order valence-corrected chi connectivity index (χ2v) is 3.70. The number of alkyl halides is 3. The molecule has 0 bridgehead atoms. The molecule has 0 aliphatic heterocycles. The highest BCUT2D eigenvalue weighted by molar-refractivity contribution is 5.76. The number of halogens is 3. The van der Waals surface area contributed by atoms with Crippen LogP contribution in [0.5, 0.6) is 0 Å². The first-order valence-electron chi connectivity index (χ1n) is 4.91. The first-order valence-corrected chi connectivity index (χ1v) is 4.91. The minimum Gasteiger partial charge on any atom is -0.396 e. The summed E-state index contributed by atoms with van der Waals surface area (Å²) < 4.78 is 36.4. The molecule has 0 aromatic carbocycles. The zero-order valence-electron chi connectivity index (χ0n) is 8.26. The summed E-state index contributed by atoms with van der Waals surface area (Å²) in [4.78, 5) is 12.3. The molecule has 1 saturated carbocycles. The Kier molecular flexibility index (Phi) is 3.96. The Balaban J connectivity index is 2.46. The second kappa shape index (κ2) is 4.83. The van der Waals surface area contributed by atoms with E-state index in [0.717, 1.165) is 4.90 Å². The molecular weight excluding hydrogens is 211 g/mol. The van der Waals surface area contributed by atoms with Gasteiger partial charge in [0.25, 0.3) is 0 Å². The van der Waals surface area contributed by atoms with E-state index in [4.69, 9.17) is 5.11 Å². The van der Waals surface area contributed by atoms with Crippen LogP contribution in [0, 0.1) is 0 Å². The fourth-order valence-electron chi connectivity index (χ4n) is 1.37. The Morgan fingerprint density at radius 2 is 2.00 bits per heavy atom. The van der Waals surface area contributed by atoms with Crippen LogP contribution in [0.2, 0.25) is 0 Å². The van der Waals surface area contributed by atoms with Crippen molar-refractivity contribution >= 4 is 5.91 Å². The summed E-state index contributed by atoms with van der Waals surface area (Å²) in [7, 11) is 0. The molecule has 88 valence electrons. The Hall–Kier alpha value is -0.780.